The average molecular weight is 658 g/mol. The van der Waals surface area contributed by atoms with Crippen LogP contribution in [0.15, 0.2) is 168 Å². The van der Waals surface area contributed by atoms with Gasteiger partial charge in [0.05, 0.1) is 0 Å². The van der Waals surface area contributed by atoms with Crippen molar-refractivity contribution in [1.29, 1.82) is 0 Å². The summed E-state index contributed by atoms with van der Waals surface area (Å²) in [4.78, 5) is 15.3. The molecule has 234 valence electrons. The maximum atomic E-state index is 6.48. The van der Waals surface area contributed by atoms with E-state index in [2.05, 4.69) is 127 Å². The second-order valence-electron chi connectivity index (χ2n) is 12.4. The first-order valence-electron chi connectivity index (χ1n) is 16.6. The van der Waals surface area contributed by atoms with E-state index in [9.17, 15) is 0 Å². The smallest absolute Gasteiger partial charge is 0.164 e. The van der Waals surface area contributed by atoms with E-state index >= 15 is 0 Å². The fraction of sp³-hybridized carbons (Fsp3) is 0. The van der Waals surface area contributed by atoms with Crippen molar-refractivity contribution in [2.75, 3.05) is 0 Å². The molecule has 0 saturated carbocycles. The first kappa shape index (κ1) is 28.6. The van der Waals surface area contributed by atoms with Crippen LogP contribution in [0.3, 0.4) is 0 Å². The van der Waals surface area contributed by atoms with Crippen LogP contribution >= 0.6 is 11.3 Å². The van der Waals surface area contributed by atoms with E-state index in [0.29, 0.717) is 17.5 Å². The van der Waals surface area contributed by atoms with Crippen molar-refractivity contribution < 1.29 is 4.42 Å². The van der Waals surface area contributed by atoms with Gasteiger partial charge in [0.1, 0.15) is 11.2 Å². The molecule has 0 aliphatic heterocycles. The Morgan fingerprint density at radius 2 is 0.900 bits per heavy atom. The number of hydrogen-bond donors (Lipinski definition) is 0. The van der Waals surface area contributed by atoms with Crippen LogP contribution in [0.1, 0.15) is 0 Å². The second-order valence-corrected chi connectivity index (χ2v) is 13.5. The van der Waals surface area contributed by atoms with Gasteiger partial charge in [0.2, 0.25) is 0 Å². The number of hydrogen-bond acceptors (Lipinski definition) is 5. The Hall–Kier alpha value is -6.43. The van der Waals surface area contributed by atoms with Crippen molar-refractivity contribution in [3.05, 3.63) is 164 Å². The predicted molar refractivity (Wildman–Crippen MR) is 207 cm³/mol. The van der Waals surface area contributed by atoms with E-state index < -0.39 is 0 Å². The lowest BCUT2D eigenvalue weighted by Crippen LogP contribution is -2.00. The van der Waals surface area contributed by atoms with E-state index in [-0.39, 0.29) is 0 Å². The highest BCUT2D eigenvalue weighted by Crippen LogP contribution is 2.42. The van der Waals surface area contributed by atoms with Gasteiger partial charge >= 0.3 is 0 Å². The van der Waals surface area contributed by atoms with Gasteiger partial charge in [0.25, 0.3) is 0 Å². The fourth-order valence-corrected chi connectivity index (χ4v) is 8.00. The Kier molecular flexibility index (Phi) is 6.64. The van der Waals surface area contributed by atoms with Gasteiger partial charge in [-0.2, -0.15) is 0 Å². The standard InChI is InChI=1S/C45H27N3OS/c1-4-11-28(12-5-1)31-21-24-40-37(25-31)42-36(17-10-18-41(42)50-40)45-47-43(30-15-8-3-9-16-30)46-44(48-45)33-20-23-35-34-22-19-32(29-13-6-2-7-14-29)26-38(34)49-39(35)27-33/h1-27H. The maximum Gasteiger partial charge on any atom is 0.164 e. The quantitative estimate of drug-likeness (QED) is 0.185. The molecule has 0 amide bonds. The van der Waals surface area contributed by atoms with Crippen molar-refractivity contribution in [2.24, 2.45) is 0 Å². The lowest BCUT2D eigenvalue weighted by Gasteiger charge is -2.10. The first-order chi connectivity index (χ1) is 24.7. The van der Waals surface area contributed by atoms with Crippen molar-refractivity contribution >= 4 is 53.4 Å². The highest BCUT2D eigenvalue weighted by molar-refractivity contribution is 7.26. The second kappa shape index (κ2) is 11.6. The van der Waals surface area contributed by atoms with Gasteiger partial charge in [-0.05, 0) is 64.7 Å². The molecule has 0 saturated heterocycles. The van der Waals surface area contributed by atoms with Gasteiger partial charge in [0, 0.05) is 47.6 Å². The molecule has 10 aromatic rings. The average Bonchev–Trinajstić information content (AvgIpc) is 3.76. The maximum absolute atomic E-state index is 6.48. The van der Waals surface area contributed by atoms with Crippen LogP contribution in [0.2, 0.25) is 0 Å². The molecule has 0 radical (unpaired) electrons. The molecule has 5 heteroatoms. The van der Waals surface area contributed by atoms with Gasteiger partial charge in [-0.3, -0.25) is 0 Å². The largest absolute Gasteiger partial charge is 0.456 e. The lowest BCUT2D eigenvalue weighted by atomic mass is 10.0. The summed E-state index contributed by atoms with van der Waals surface area (Å²) in [6, 6.07) is 56.8. The molecule has 3 aromatic heterocycles. The summed E-state index contributed by atoms with van der Waals surface area (Å²) in [6.45, 7) is 0. The molecule has 0 fully saturated rings. The molecule has 4 nitrogen and oxygen atoms in total. The SMILES string of the molecule is c1ccc(-c2ccc3c(c2)oc2cc(-c4nc(-c5ccccc5)nc(-c5cccc6sc7ccc(-c8ccccc8)cc7c56)n4)ccc23)cc1. The van der Waals surface area contributed by atoms with Crippen LogP contribution in [-0.2, 0) is 0 Å². The zero-order valence-electron chi connectivity index (χ0n) is 26.7. The summed E-state index contributed by atoms with van der Waals surface area (Å²) in [6.07, 6.45) is 0. The number of nitrogens with zero attached hydrogens (tertiary/aromatic N) is 3. The van der Waals surface area contributed by atoms with Crippen LogP contribution in [0.25, 0.3) is 98.5 Å². The molecule has 0 N–H and O–H groups in total. The fourth-order valence-electron chi connectivity index (χ4n) is 6.89. The normalized spacial score (nSPS) is 11.6. The Morgan fingerprint density at radius 3 is 1.58 bits per heavy atom. The Morgan fingerprint density at radius 1 is 0.360 bits per heavy atom. The van der Waals surface area contributed by atoms with E-state index in [1.54, 1.807) is 11.3 Å². The topological polar surface area (TPSA) is 51.8 Å². The van der Waals surface area contributed by atoms with E-state index in [1.165, 1.54) is 25.9 Å². The van der Waals surface area contributed by atoms with Gasteiger partial charge in [0.15, 0.2) is 17.5 Å². The molecule has 7 aromatic carbocycles. The minimum absolute atomic E-state index is 0.600. The first-order valence-corrected chi connectivity index (χ1v) is 17.4. The van der Waals surface area contributed by atoms with Crippen molar-refractivity contribution in [3.8, 4) is 56.4 Å². The summed E-state index contributed by atoms with van der Waals surface area (Å²) in [5.41, 5.74) is 9.10. The van der Waals surface area contributed by atoms with Crippen LogP contribution in [-0.4, -0.2) is 15.0 Å². The summed E-state index contributed by atoms with van der Waals surface area (Å²) in [5, 5.41) is 4.50. The van der Waals surface area contributed by atoms with Crippen molar-refractivity contribution in [1.82, 2.24) is 15.0 Å². The summed E-state index contributed by atoms with van der Waals surface area (Å²) < 4.78 is 8.91. The molecular formula is C45H27N3OS. The van der Waals surface area contributed by atoms with E-state index in [0.717, 1.165) is 55.1 Å². The molecule has 0 atom stereocenters. The number of furan rings is 1. The highest BCUT2D eigenvalue weighted by Gasteiger charge is 2.18. The number of thiophene rings is 1. The summed E-state index contributed by atoms with van der Waals surface area (Å²) in [7, 11) is 0. The minimum atomic E-state index is 0.600. The number of rotatable bonds is 5. The third-order valence-corrected chi connectivity index (χ3v) is 10.5. The summed E-state index contributed by atoms with van der Waals surface area (Å²) in [5.74, 6) is 1.87. The molecular weight excluding hydrogens is 631 g/mol. The molecule has 0 aliphatic rings. The van der Waals surface area contributed by atoms with Crippen molar-refractivity contribution in [2.45, 2.75) is 0 Å². The third kappa shape index (κ3) is 4.87. The predicted octanol–water partition coefficient (Wildman–Crippen LogP) is 12.5. The van der Waals surface area contributed by atoms with Gasteiger partial charge in [-0.25, -0.2) is 15.0 Å². The van der Waals surface area contributed by atoms with Crippen LogP contribution in [0.4, 0.5) is 0 Å². The van der Waals surface area contributed by atoms with E-state index in [1.807, 2.05) is 36.4 Å². The zero-order chi connectivity index (χ0) is 33.0. The number of fused-ring (bicyclic) bond motifs is 6. The molecule has 10 rings (SSSR count). The van der Waals surface area contributed by atoms with Crippen molar-refractivity contribution in [3.63, 3.8) is 0 Å². The molecule has 0 unspecified atom stereocenters. The molecule has 0 aliphatic carbocycles. The van der Waals surface area contributed by atoms with Gasteiger partial charge in [-0.1, -0.05) is 121 Å². The molecule has 0 bridgehead atoms. The lowest BCUT2D eigenvalue weighted by molar-refractivity contribution is 0.669. The van der Waals surface area contributed by atoms with Crippen LogP contribution < -0.4 is 0 Å². The van der Waals surface area contributed by atoms with E-state index in [4.69, 9.17) is 19.4 Å². The number of benzene rings is 7. The third-order valence-electron chi connectivity index (χ3n) is 9.35. The monoisotopic (exact) mass is 657 g/mol. The highest BCUT2D eigenvalue weighted by atomic mass is 32.1. The summed E-state index contributed by atoms with van der Waals surface area (Å²) >= 11 is 1.79. The Bertz CT molecular complexity index is 2860. The van der Waals surface area contributed by atoms with Crippen LogP contribution in [0.5, 0.6) is 0 Å². The minimum Gasteiger partial charge on any atom is -0.456 e. The number of aromatic nitrogens is 3. The Labute approximate surface area is 292 Å². The molecule has 0 spiro atoms. The van der Waals surface area contributed by atoms with Crippen LogP contribution in [0, 0.1) is 0 Å². The Balaban J connectivity index is 1.15. The molecule has 3 heterocycles. The molecule has 50 heavy (non-hydrogen) atoms. The van der Waals surface area contributed by atoms with Gasteiger partial charge < -0.3 is 4.42 Å². The van der Waals surface area contributed by atoms with Gasteiger partial charge in [-0.15, -0.1) is 11.3 Å². The zero-order valence-corrected chi connectivity index (χ0v) is 27.6.